The highest BCUT2D eigenvalue weighted by molar-refractivity contribution is 7.89. The number of ether oxygens (including phenoxy) is 1. The van der Waals surface area contributed by atoms with Gasteiger partial charge in [0.05, 0.1) is 12.0 Å². The molecule has 134 valence electrons. The molecule has 1 aromatic heterocycles. The molecule has 0 atom stereocenters. The molecule has 2 aromatic rings. The summed E-state index contributed by atoms with van der Waals surface area (Å²) in [6.07, 6.45) is 0.281. The third-order valence-electron chi connectivity index (χ3n) is 4.26. The maximum absolute atomic E-state index is 13.1. The summed E-state index contributed by atoms with van der Waals surface area (Å²) in [5.74, 6) is -0.227. The molecule has 3 rings (SSSR count). The van der Waals surface area contributed by atoms with Crippen molar-refractivity contribution in [2.24, 2.45) is 0 Å². The number of rotatable bonds is 4. The summed E-state index contributed by atoms with van der Waals surface area (Å²) < 4.78 is 37.7. The number of carboxylic acid groups (broad SMARTS) is 1. The van der Waals surface area contributed by atoms with Crippen molar-refractivity contribution in [2.75, 3.05) is 13.7 Å². The van der Waals surface area contributed by atoms with Gasteiger partial charge in [-0.05, 0) is 37.1 Å². The zero-order valence-electron chi connectivity index (χ0n) is 14.1. The molecule has 1 aliphatic heterocycles. The number of aromatic carboxylic acids is 1. The predicted molar refractivity (Wildman–Crippen MR) is 87.2 cm³/mol. The fraction of sp³-hybridized carbons (Fsp3) is 0.375. The zero-order valence-corrected chi connectivity index (χ0v) is 14.9. The quantitative estimate of drug-likeness (QED) is 0.877. The molecule has 0 spiro atoms. The van der Waals surface area contributed by atoms with Crippen LogP contribution in [-0.2, 0) is 23.0 Å². The van der Waals surface area contributed by atoms with Crippen molar-refractivity contribution in [3.8, 4) is 5.75 Å². The molecule has 8 nitrogen and oxygen atoms in total. The van der Waals surface area contributed by atoms with Gasteiger partial charge in [-0.2, -0.15) is 4.31 Å². The van der Waals surface area contributed by atoms with Gasteiger partial charge in [-0.3, -0.25) is 0 Å². The minimum atomic E-state index is -3.80. The van der Waals surface area contributed by atoms with E-state index in [0.717, 1.165) is 0 Å². The second-order valence-corrected chi connectivity index (χ2v) is 7.79. The molecule has 0 saturated heterocycles. The minimum Gasteiger partial charge on any atom is -0.497 e. The van der Waals surface area contributed by atoms with Crippen molar-refractivity contribution in [2.45, 2.75) is 31.7 Å². The summed E-state index contributed by atoms with van der Waals surface area (Å²) in [5, 5.41) is 12.7. The monoisotopic (exact) mass is 366 g/mol. The van der Waals surface area contributed by atoms with E-state index in [2.05, 4.69) is 5.16 Å². The Hall–Kier alpha value is -2.39. The number of sulfonamides is 1. The fourth-order valence-electron chi connectivity index (χ4n) is 3.12. The molecule has 0 radical (unpaired) electrons. The number of hydrogen-bond donors (Lipinski definition) is 1. The van der Waals surface area contributed by atoms with E-state index in [1.807, 2.05) is 0 Å². The average molecular weight is 366 g/mol. The Morgan fingerprint density at radius 2 is 1.96 bits per heavy atom. The topological polar surface area (TPSA) is 110 Å². The van der Waals surface area contributed by atoms with Gasteiger partial charge in [0.2, 0.25) is 10.0 Å². The van der Waals surface area contributed by atoms with E-state index in [1.54, 1.807) is 26.0 Å². The fourth-order valence-corrected chi connectivity index (χ4v) is 4.94. The smallest absolute Gasteiger partial charge is 0.358 e. The van der Waals surface area contributed by atoms with E-state index < -0.39 is 16.0 Å². The van der Waals surface area contributed by atoms with Crippen molar-refractivity contribution < 1.29 is 27.6 Å². The van der Waals surface area contributed by atoms with Crippen LogP contribution in [0.25, 0.3) is 0 Å². The Morgan fingerprint density at radius 1 is 1.32 bits per heavy atom. The van der Waals surface area contributed by atoms with Crippen LogP contribution >= 0.6 is 0 Å². The van der Waals surface area contributed by atoms with Crippen LogP contribution in [-0.4, -0.2) is 42.6 Å². The number of fused-ring (bicyclic) bond motifs is 1. The molecule has 0 amide bonds. The lowest BCUT2D eigenvalue weighted by molar-refractivity contribution is 0.0684. The van der Waals surface area contributed by atoms with Crippen molar-refractivity contribution in [1.29, 1.82) is 0 Å². The number of methoxy groups -OCH3 is 1. The second-order valence-electron chi connectivity index (χ2n) is 5.92. The Kier molecular flexibility index (Phi) is 4.29. The third-order valence-corrected chi connectivity index (χ3v) is 6.41. The molecule has 0 fully saturated rings. The van der Waals surface area contributed by atoms with Crippen molar-refractivity contribution >= 4 is 16.0 Å². The molecule has 1 N–H and O–H groups in total. The standard InChI is InChI=1S/C16H18N2O6S/c1-9-6-11(23-3)7-10(2)15(9)25(21,22)18-5-4-13-12(8-18)14(16(19)20)17-24-13/h6-7H,4-5,8H2,1-3H3,(H,19,20). The summed E-state index contributed by atoms with van der Waals surface area (Å²) in [5.41, 5.74) is 1.22. The van der Waals surface area contributed by atoms with Crippen LogP contribution in [0.3, 0.4) is 0 Å². The van der Waals surface area contributed by atoms with Gasteiger partial charge in [-0.15, -0.1) is 0 Å². The molecule has 0 aliphatic carbocycles. The first-order valence-electron chi connectivity index (χ1n) is 7.61. The number of carbonyl (C=O) groups is 1. The largest absolute Gasteiger partial charge is 0.497 e. The Morgan fingerprint density at radius 3 is 2.52 bits per heavy atom. The maximum atomic E-state index is 13.1. The molecule has 0 saturated carbocycles. The van der Waals surface area contributed by atoms with E-state index in [1.165, 1.54) is 11.4 Å². The SMILES string of the molecule is COc1cc(C)c(S(=O)(=O)N2CCc3onc(C(=O)O)c3C2)c(C)c1. The molecule has 0 bridgehead atoms. The van der Waals surface area contributed by atoms with E-state index in [-0.39, 0.29) is 30.1 Å². The lowest BCUT2D eigenvalue weighted by atomic mass is 10.1. The first-order valence-corrected chi connectivity index (χ1v) is 9.05. The highest BCUT2D eigenvalue weighted by atomic mass is 32.2. The number of hydrogen-bond acceptors (Lipinski definition) is 6. The van der Waals surface area contributed by atoms with Gasteiger partial charge in [-0.1, -0.05) is 5.16 Å². The van der Waals surface area contributed by atoms with Gasteiger partial charge < -0.3 is 14.4 Å². The van der Waals surface area contributed by atoms with Crippen molar-refractivity contribution in [3.05, 3.63) is 40.3 Å². The van der Waals surface area contributed by atoms with E-state index in [4.69, 9.17) is 9.26 Å². The molecule has 0 unspecified atom stereocenters. The van der Waals surface area contributed by atoms with Gasteiger partial charge in [-0.25, -0.2) is 13.2 Å². The van der Waals surface area contributed by atoms with Crippen LogP contribution in [0.5, 0.6) is 5.75 Å². The minimum absolute atomic E-state index is 0.0757. The summed E-state index contributed by atoms with van der Waals surface area (Å²) in [6.45, 7) is 3.54. The van der Waals surface area contributed by atoms with Gasteiger partial charge in [0.1, 0.15) is 11.5 Å². The molecule has 1 aliphatic rings. The first-order chi connectivity index (χ1) is 11.8. The second kappa shape index (κ2) is 6.16. The molecule has 2 heterocycles. The third kappa shape index (κ3) is 2.89. The number of carboxylic acids is 1. The first kappa shape index (κ1) is 17.4. The summed E-state index contributed by atoms with van der Waals surface area (Å²) in [4.78, 5) is 11.4. The number of nitrogens with zero attached hydrogens (tertiary/aromatic N) is 2. The summed E-state index contributed by atoms with van der Waals surface area (Å²) in [7, 11) is -2.27. The normalized spacial score (nSPS) is 15.0. The van der Waals surface area contributed by atoms with Crippen LogP contribution in [0, 0.1) is 13.8 Å². The van der Waals surface area contributed by atoms with Crippen molar-refractivity contribution in [1.82, 2.24) is 9.46 Å². The van der Waals surface area contributed by atoms with Gasteiger partial charge in [0.15, 0.2) is 5.69 Å². The van der Waals surface area contributed by atoms with E-state index >= 15 is 0 Å². The summed E-state index contributed by atoms with van der Waals surface area (Å²) >= 11 is 0. The van der Waals surface area contributed by atoms with E-state index in [9.17, 15) is 18.3 Å². The van der Waals surface area contributed by atoms with Gasteiger partial charge in [0.25, 0.3) is 0 Å². The average Bonchev–Trinajstić information content (AvgIpc) is 2.97. The number of benzene rings is 1. The van der Waals surface area contributed by atoms with Crippen LogP contribution in [0.15, 0.2) is 21.6 Å². The highest BCUT2D eigenvalue weighted by Crippen LogP contribution is 2.32. The van der Waals surface area contributed by atoms with Crippen LogP contribution in [0.1, 0.15) is 32.9 Å². The molecule has 9 heteroatoms. The highest BCUT2D eigenvalue weighted by Gasteiger charge is 2.35. The lowest BCUT2D eigenvalue weighted by Gasteiger charge is -2.27. The Balaban J connectivity index is 2.02. The molecule has 25 heavy (non-hydrogen) atoms. The molecule has 1 aromatic carbocycles. The van der Waals surface area contributed by atoms with Crippen molar-refractivity contribution in [3.63, 3.8) is 0 Å². The molecular formula is C16H18N2O6S. The summed E-state index contributed by atoms with van der Waals surface area (Å²) in [6, 6.07) is 3.33. The lowest BCUT2D eigenvalue weighted by Crippen LogP contribution is -2.36. The van der Waals surface area contributed by atoms with Gasteiger partial charge >= 0.3 is 5.97 Å². The van der Waals surface area contributed by atoms with Gasteiger partial charge in [0, 0.05) is 25.1 Å². The Labute approximate surface area is 145 Å². The van der Waals surface area contributed by atoms with Crippen LogP contribution in [0.2, 0.25) is 0 Å². The number of aryl methyl sites for hydroxylation is 2. The zero-order chi connectivity index (χ0) is 18.4. The van der Waals surface area contributed by atoms with Crippen LogP contribution < -0.4 is 4.74 Å². The Bertz CT molecular complexity index is 925. The molecular weight excluding hydrogens is 348 g/mol. The van der Waals surface area contributed by atoms with E-state index in [0.29, 0.717) is 28.2 Å². The van der Waals surface area contributed by atoms with Crippen LogP contribution in [0.4, 0.5) is 0 Å². The maximum Gasteiger partial charge on any atom is 0.358 e. The predicted octanol–water partition coefficient (Wildman–Crippen LogP) is 1.75. The number of aromatic nitrogens is 1.